The van der Waals surface area contributed by atoms with Crippen LogP contribution in [0.25, 0.3) is 11.3 Å². The van der Waals surface area contributed by atoms with Gasteiger partial charge in [-0.25, -0.2) is 9.97 Å². The topological polar surface area (TPSA) is 64.5 Å². The second-order valence-electron chi connectivity index (χ2n) is 3.90. The van der Waals surface area contributed by atoms with Crippen LogP contribution in [0.15, 0.2) is 30.5 Å². The molecule has 2 rings (SSSR count). The Kier molecular flexibility index (Phi) is 4.30. The van der Waals surface area contributed by atoms with E-state index in [4.69, 9.17) is 14.6 Å². The van der Waals surface area contributed by atoms with Crippen molar-refractivity contribution in [1.82, 2.24) is 9.97 Å². The molecule has 1 aromatic carbocycles. The maximum atomic E-state index is 8.92. The highest BCUT2D eigenvalue weighted by molar-refractivity contribution is 5.63. The van der Waals surface area contributed by atoms with Crippen molar-refractivity contribution >= 4 is 0 Å². The van der Waals surface area contributed by atoms with E-state index in [9.17, 15) is 0 Å². The van der Waals surface area contributed by atoms with Gasteiger partial charge >= 0.3 is 0 Å². The van der Waals surface area contributed by atoms with Crippen LogP contribution in [0.5, 0.6) is 11.5 Å². The van der Waals surface area contributed by atoms with Crippen molar-refractivity contribution in [2.24, 2.45) is 0 Å². The number of rotatable bonds is 5. The van der Waals surface area contributed by atoms with Crippen molar-refractivity contribution in [3.05, 3.63) is 36.3 Å². The van der Waals surface area contributed by atoms with Gasteiger partial charge in [0.2, 0.25) is 0 Å². The van der Waals surface area contributed by atoms with E-state index in [2.05, 4.69) is 9.97 Å². The van der Waals surface area contributed by atoms with Gasteiger partial charge in [0.25, 0.3) is 0 Å². The average molecular weight is 260 g/mol. The van der Waals surface area contributed by atoms with E-state index < -0.39 is 0 Å². The largest absolute Gasteiger partial charge is 0.493 e. The second kappa shape index (κ2) is 6.15. The summed E-state index contributed by atoms with van der Waals surface area (Å²) in [5.74, 6) is 1.95. The van der Waals surface area contributed by atoms with Gasteiger partial charge in [0.05, 0.1) is 26.5 Å². The molecular formula is C14H16N2O3. The van der Waals surface area contributed by atoms with Gasteiger partial charge in [-0.1, -0.05) is 0 Å². The quantitative estimate of drug-likeness (QED) is 0.886. The number of aliphatic hydroxyl groups excluding tert-OH is 1. The van der Waals surface area contributed by atoms with Crippen LogP contribution in [0.1, 0.15) is 5.82 Å². The first kappa shape index (κ1) is 13.3. The standard InChI is InChI=1S/C14H16N2O3/c1-18-12-4-3-10(9-13(12)19-2)11-5-7-15-14(16-11)6-8-17/h3-5,7,9,17H,6,8H2,1-2H3. The summed E-state index contributed by atoms with van der Waals surface area (Å²) in [5, 5.41) is 8.92. The summed E-state index contributed by atoms with van der Waals surface area (Å²) in [6.07, 6.45) is 2.13. The molecule has 0 bridgehead atoms. The molecule has 0 amide bonds. The van der Waals surface area contributed by atoms with Gasteiger partial charge in [-0.15, -0.1) is 0 Å². The van der Waals surface area contributed by atoms with Gasteiger partial charge in [-0.2, -0.15) is 0 Å². The van der Waals surface area contributed by atoms with E-state index >= 15 is 0 Å². The SMILES string of the molecule is COc1ccc(-c2ccnc(CCO)n2)cc1OC. The molecule has 2 aromatic rings. The number of hydrogen-bond acceptors (Lipinski definition) is 5. The number of methoxy groups -OCH3 is 2. The summed E-state index contributed by atoms with van der Waals surface area (Å²) in [5.41, 5.74) is 1.71. The fourth-order valence-corrected chi connectivity index (χ4v) is 1.78. The Morgan fingerprint density at radius 2 is 1.89 bits per heavy atom. The Hall–Kier alpha value is -2.14. The molecule has 0 saturated heterocycles. The van der Waals surface area contributed by atoms with Crippen LogP contribution in [0, 0.1) is 0 Å². The highest BCUT2D eigenvalue weighted by atomic mass is 16.5. The van der Waals surface area contributed by atoms with E-state index in [0.29, 0.717) is 23.7 Å². The zero-order valence-electron chi connectivity index (χ0n) is 11.0. The smallest absolute Gasteiger partial charge is 0.161 e. The Labute approximate surface area is 111 Å². The van der Waals surface area contributed by atoms with Gasteiger partial charge in [0.1, 0.15) is 5.82 Å². The van der Waals surface area contributed by atoms with Crippen LogP contribution in [-0.2, 0) is 6.42 Å². The molecule has 0 unspecified atom stereocenters. The number of aromatic nitrogens is 2. The normalized spacial score (nSPS) is 10.3. The molecule has 0 aliphatic carbocycles. The van der Waals surface area contributed by atoms with E-state index in [1.165, 1.54) is 0 Å². The highest BCUT2D eigenvalue weighted by Gasteiger charge is 2.07. The van der Waals surface area contributed by atoms with Crippen molar-refractivity contribution in [3.63, 3.8) is 0 Å². The Morgan fingerprint density at radius 1 is 1.11 bits per heavy atom. The molecule has 100 valence electrons. The molecule has 1 N–H and O–H groups in total. The Balaban J connectivity index is 2.38. The molecule has 1 aromatic heterocycles. The number of nitrogens with zero attached hydrogens (tertiary/aromatic N) is 2. The summed E-state index contributed by atoms with van der Waals surface area (Å²) < 4.78 is 10.5. The van der Waals surface area contributed by atoms with E-state index in [1.807, 2.05) is 24.3 Å². The van der Waals surface area contributed by atoms with Gasteiger partial charge in [-0.05, 0) is 24.3 Å². The lowest BCUT2D eigenvalue weighted by atomic mass is 10.1. The first-order valence-electron chi connectivity index (χ1n) is 5.93. The summed E-state index contributed by atoms with van der Waals surface area (Å²) in [6, 6.07) is 7.43. The molecule has 1 heterocycles. The predicted molar refractivity (Wildman–Crippen MR) is 71.4 cm³/mol. The molecule has 0 radical (unpaired) electrons. The number of ether oxygens (including phenoxy) is 2. The fraction of sp³-hybridized carbons (Fsp3) is 0.286. The van der Waals surface area contributed by atoms with E-state index in [-0.39, 0.29) is 6.61 Å². The van der Waals surface area contributed by atoms with Crippen LogP contribution in [0.3, 0.4) is 0 Å². The molecule has 0 fully saturated rings. The van der Waals surface area contributed by atoms with Crippen molar-refractivity contribution in [2.75, 3.05) is 20.8 Å². The molecule has 0 aliphatic rings. The molecule has 5 heteroatoms. The van der Waals surface area contributed by atoms with Crippen molar-refractivity contribution in [1.29, 1.82) is 0 Å². The highest BCUT2D eigenvalue weighted by Crippen LogP contribution is 2.31. The Bertz CT molecular complexity index is 558. The minimum atomic E-state index is 0.0371. The van der Waals surface area contributed by atoms with Crippen molar-refractivity contribution < 1.29 is 14.6 Å². The first-order chi connectivity index (χ1) is 9.28. The summed E-state index contributed by atoms with van der Waals surface area (Å²) in [4.78, 5) is 8.50. The second-order valence-corrected chi connectivity index (χ2v) is 3.90. The average Bonchev–Trinajstić information content (AvgIpc) is 2.47. The van der Waals surface area contributed by atoms with Gasteiger partial charge in [0, 0.05) is 18.2 Å². The zero-order chi connectivity index (χ0) is 13.7. The fourth-order valence-electron chi connectivity index (χ4n) is 1.78. The lowest BCUT2D eigenvalue weighted by Gasteiger charge is -2.09. The monoisotopic (exact) mass is 260 g/mol. The van der Waals surface area contributed by atoms with Crippen LogP contribution < -0.4 is 9.47 Å². The molecule has 0 spiro atoms. The molecule has 0 saturated carbocycles. The van der Waals surface area contributed by atoms with Crippen LogP contribution in [-0.4, -0.2) is 35.9 Å². The van der Waals surface area contributed by atoms with Crippen LogP contribution in [0.4, 0.5) is 0 Å². The summed E-state index contributed by atoms with van der Waals surface area (Å²) in [6.45, 7) is 0.0371. The van der Waals surface area contributed by atoms with Gasteiger partial charge < -0.3 is 14.6 Å². The van der Waals surface area contributed by atoms with Gasteiger partial charge in [-0.3, -0.25) is 0 Å². The molecule has 5 nitrogen and oxygen atoms in total. The predicted octanol–water partition coefficient (Wildman–Crippen LogP) is 1.70. The zero-order valence-corrected chi connectivity index (χ0v) is 11.0. The third-order valence-corrected chi connectivity index (χ3v) is 2.72. The maximum absolute atomic E-state index is 8.92. The minimum absolute atomic E-state index is 0.0371. The minimum Gasteiger partial charge on any atom is -0.493 e. The molecule has 0 atom stereocenters. The van der Waals surface area contributed by atoms with E-state index in [0.717, 1.165) is 11.3 Å². The number of hydrogen-bond donors (Lipinski definition) is 1. The maximum Gasteiger partial charge on any atom is 0.161 e. The molecule has 0 aliphatic heterocycles. The molecule has 19 heavy (non-hydrogen) atoms. The lowest BCUT2D eigenvalue weighted by Crippen LogP contribution is -1.99. The molecular weight excluding hydrogens is 244 g/mol. The lowest BCUT2D eigenvalue weighted by molar-refractivity contribution is 0.296. The van der Waals surface area contributed by atoms with Crippen molar-refractivity contribution in [2.45, 2.75) is 6.42 Å². The number of aliphatic hydroxyl groups is 1. The van der Waals surface area contributed by atoms with Crippen LogP contribution >= 0.6 is 0 Å². The van der Waals surface area contributed by atoms with Gasteiger partial charge in [0.15, 0.2) is 11.5 Å². The third kappa shape index (κ3) is 3.00. The summed E-state index contributed by atoms with van der Waals surface area (Å²) in [7, 11) is 3.19. The first-order valence-corrected chi connectivity index (χ1v) is 5.93. The third-order valence-electron chi connectivity index (χ3n) is 2.72. The van der Waals surface area contributed by atoms with E-state index in [1.54, 1.807) is 20.4 Å². The van der Waals surface area contributed by atoms with Crippen molar-refractivity contribution in [3.8, 4) is 22.8 Å². The summed E-state index contributed by atoms with van der Waals surface area (Å²) >= 11 is 0. The van der Waals surface area contributed by atoms with Crippen LogP contribution in [0.2, 0.25) is 0 Å². The number of benzene rings is 1. The Morgan fingerprint density at radius 3 is 2.58 bits per heavy atom.